The lowest BCUT2D eigenvalue weighted by atomic mass is 10.2. The van der Waals surface area contributed by atoms with Crippen molar-refractivity contribution in [3.05, 3.63) is 11.1 Å². The van der Waals surface area contributed by atoms with Gasteiger partial charge in [-0.05, 0) is 19.8 Å². The van der Waals surface area contributed by atoms with Crippen LogP contribution < -0.4 is 10.6 Å². The van der Waals surface area contributed by atoms with Gasteiger partial charge in [-0.3, -0.25) is 4.79 Å². The Hall–Kier alpha value is -1.23. The molecule has 2 N–H and O–H groups in total. The van der Waals surface area contributed by atoms with Crippen molar-refractivity contribution in [1.29, 1.82) is 0 Å². The lowest BCUT2D eigenvalue weighted by Gasteiger charge is -2.08. The Morgan fingerprint density at radius 3 is 3.13 bits per heavy atom. The average Bonchev–Trinajstić information content (AvgIpc) is 3.25. The quantitative estimate of drug-likeness (QED) is 0.723. The third kappa shape index (κ3) is 5.13. The van der Waals surface area contributed by atoms with E-state index in [1.54, 1.807) is 0 Å². The van der Waals surface area contributed by atoms with E-state index in [0.29, 0.717) is 10.9 Å². The second kappa shape index (κ2) is 8.04. The van der Waals surface area contributed by atoms with Crippen LogP contribution >= 0.6 is 34.4 Å². The van der Waals surface area contributed by atoms with Crippen molar-refractivity contribution in [1.82, 2.24) is 15.2 Å². The maximum Gasteiger partial charge on any atom is 0.236 e. The molecular weight excluding hydrogens is 354 g/mol. The fourth-order valence-corrected chi connectivity index (χ4v) is 4.30. The fourth-order valence-electron chi connectivity index (χ4n) is 2.04. The zero-order valence-corrected chi connectivity index (χ0v) is 15.0. The van der Waals surface area contributed by atoms with Crippen LogP contribution in [-0.2, 0) is 9.53 Å². The molecule has 124 valence electrons. The monoisotopic (exact) mass is 371 g/mol. The molecule has 1 aliphatic heterocycles. The molecule has 2 aromatic heterocycles. The molecule has 0 bridgehead atoms. The number of rotatable bonds is 7. The highest BCUT2D eigenvalue weighted by atomic mass is 32.2. The van der Waals surface area contributed by atoms with Crippen molar-refractivity contribution >= 4 is 50.6 Å². The lowest BCUT2D eigenvalue weighted by molar-refractivity contribution is -0.113. The van der Waals surface area contributed by atoms with Crippen LogP contribution in [0, 0.1) is 6.92 Å². The first-order valence-electron chi connectivity index (χ1n) is 7.23. The number of hydrogen-bond donors (Lipinski definition) is 2. The molecule has 1 aliphatic rings. The summed E-state index contributed by atoms with van der Waals surface area (Å²) in [6.07, 6.45) is 2.48. The molecule has 0 radical (unpaired) electrons. The molecule has 1 fully saturated rings. The van der Waals surface area contributed by atoms with Crippen LogP contribution in [-0.4, -0.2) is 46.1 Å². The van der Waals surface area contributed by atoms with Crippen LogP contribution in [0.4, 0.5) is 10.3 Å². The summed E-state index contributed by atoms with van der Waals surface area (Å²) in [5.74, 6) is 0.201. The molecule has 0 spiro atoms. The molecular formula is C13H17N5O2S3. The van der Waals surface area contributed by atoms with Gasteiger partial charge >= 0.3 is 0 Å². The molecule has 0 aliphatic carbocycles. The van der Waals surface area contributed by atoms with Crippen molar-refractivity contribution in [3.63, 3.8) is 0 Å². The van der Waals surface area contributed by atoms with Crippen LogP contribution in [0.15, 0.2) is 9.72 Å². The van der Waals surface area contributed by atoms with E-state index >= 15 is 0 Å². The third-order valence-corrected chi connectivity index (χ3v) is 5.99. The number of anilines is 2. The van der Waals surface area contributed by atoms with Crippen molar-refractivity contribution in [2.45, 2.75) is 30.2 Å². The normalized spacial score (nSPS) is 17.3. The van der Waals surface area contributed by atoms with Gasteiger partial charge < -0.3 is 15.4 Å². The highest BCUT2D eigenvalue weighted by Crippen LogP contribution is 2.26. The number of aromatic nitrogens is 3. The number of nitrogens with one attached hydrogen (secondary N) is 2. The van der Waals surface area contributed by atoms with Gasteiger partial charge in [0.25, 0.3) is 0 Å². The SMILES string of the molecule is Cc1csc(NC(=O)CSc2nnc(NCC3CCCO3)s2)n1. The van der Waals surface area contributed by atoms with Gasteiger partial charge in [-0.2, -0.15) is 0 Å². The predicted octanol–water partition coefficient (Wildman–Crippen LogP) is 2.62. The Morgan fingerprint density at radius 1 is 1.48 bits per heavy atom. The molecule has 10 heteroatoms. The maximum atomic E-state index is 11.9. The standard InChI is InChI=1S/C13H17N5O2S3/c1-8-6-21-12(15-8)16-10(19)7-22-13-18-17-11(23-13)14-5-9-3-2-4-20-9/h6,9H,2-5,7H2,1H3,(H,14,17)(H,15,16,19). The minimum atomic E-state index is -0.0894. The van der Waals surface area contributed by atoms with Crippen molar-refractivity contribution in [3.8, 4) is 0 Å². The van der Waals surface area contributed by atoms with Gasteiger partial charge in [0.2, 0.25) is 11.0 Å². The lowest BCUT2D eigenvalue weighted by Crippen LogP contribution is -2.18. The van der Waals surface area contributed by atoms with Gasteiger partial charge in [-0.1, -0.05) is 23.1 Å². The Labute approximate surface area is 146 Å². The third-order valence-electron chi connectivity index (χ3n) is 3.10. The smallest absolute Gasteiger partial charge is 0.236 e. The molecule has 1 amide bonds. The summed E-state index contributed by atoms with van der Waals surface area (Å²) < 4.78 is 6.32. The molecule has 2 aromatic rings. The summed E-state index contributed by atoms with van der Waals surface area (Å²) in [5, 5.41) is 17.5. The number of thioether (sulfide) groups is 1. The van der Waals surface area contributed by atoms with Crippen LogP contribution in [0.3, 0.4) is 0 Å². The van der Waals surface area contributed by atoms with E-state index in [0.717, 1.165) is 41.2 Å². The number of carbonyl (C=O) groups is 1. The molecule has 3 heterocycles. The summed E-state index contributed by atoms with van der Waals surface area (Å²) in [4.78, 5) is 16.1. The molecule has 23 heavy (non-hydrogen) atoms. The van der Waals surface area contributed by atoms with Crippen LogP contribution in [0.1, 0.15) is 18.5 Å². The number of ether oxygens (including phenoxy) is 1. The number of nitrogens with zero attached hydrogens (tertiary/aromatic N) is 3. The van der Waals surface area contributed by atoms with E-state index in [4.69, 9.17) is 4.74 Å². The second-order valence-electron chi connectivity index (χ2n) is 5.02. The highest BCUT2D eigenvalue weighted by molar-refractivity contribution is 8.01. The topological polar surface area (TPSA) is 89.0 Å². The first-order valence-corrected chi connectivity index (χ1v) is 9.91. The van der Waals surface area contributed by atoms with E-state index in [2.05, 4.69) is 25.8 Å². The van der Waals surface area contributed by atoms with E-state index in [9.17, 15) is 4.79 Å². The first-order chi connectivity index (χ1) is 11.2. The van der Waals surface area contributed by atoms with Crippen LogP contribution in [0.25, 0.3) is 0 Å². The molecule has 3 rings (SSSR count). The van der Waals surface area contributed by atoms with E-state index in [1.807, 2.05) is 12.3 Å². The summed E-state index contributed by atoms with van der Waals surface area (Å²) in [6, 6.07) is 0. The average molecular weight is 372 g/mol. The largest absolute Gasteiger partial charge is 0.376 e. The Morgan fingerprint density at radius 2 is 2.39 bits per heavy atom. The molecule has 7 nitrogen and oxygen atoms in total. The summed E-state index contributed by atoms with van der Waals surface area (Å²) in [5.41, 5.74) is 0.907. The van der Waals surface area contributed by atoms with E-state index in [-0.39, 0.29) is 12.0 Å². The summed E-state index contributed by atoms with van der Waals surface area (Å²) >= 11 is 4.24. The van der Waals surface area contributed by atoms with Crippen molar-refractivity contribution in [2.75, 3.05) is 29.5 Å². The van der Waals surface area contributed by atoms with Crippen LogP contribution in [0.5, 0.6) is 0 Å². The zero-order valence-electron chi connectivity index (χ0n) is 12.6. The number of thiazole rings is 1. The highest BCUT2D eigenvalue weighted by Gasteiger charge is 2.16. The number of hydrogen-bond acceptors (Lipinski definition) is 9. The fraction of sp³-hybridized carbons (Fsp3) is 0.538. The molecule has 1 saturated heterocycles. The summed E-state index contributed by atoms with van der Waals surface area (Å²) in [7, 11) is 0. The van der Waals surface area contributed by atoms with E-state index in [1.165, 1.54) is 34.4 Å². The van der Waals surface area contributed by atoms with Gasteiger partial charge in [-0.15, -0.1) is 21.5 Å². The Bertz CT molecular complexity index is 654. The van der Waals surface area contributed by atoms with Gasteiger partial charge in [0.05, 0.1) is 17.6 Å². The molecule has 0 aromatic carbocycles. The van der Waals surface area contributed by atoms with Crippen LogP contribution in [0.2, 0.25) is 0 Å². The molecule has 1 unspecified atom stereocenters. The maximum absolute atomic E-state index is 11.9. The van der Waals surface area contributed by atoms with Gasteiger partial charge in [-0.25, -0.2) is 4.98 Å². The molecule has 1 atom stereocenters. The molecule has 0 saturated carbocycles. The Kier molecular flexibility index (Phi) is 5.81. The zero-order chi connectivity index (χ0) is 16.1. The summed E-state index contributed by atoms with van der Waals surface area (Å²) in [6.45, 7) is 3.49. The Balaban J connectivity index is 1.40. The van der Waals surface area contributed by atoms with E-state index < -0.39 is 0 Å². The first kappa shape index (κ1) is 16.6. The number of amides is 1. The van der Waals surface area contributed by atoms with Gasteiger partial charge in [0, 0.05) is 18.5 Å². The minimum absolute atomic E-state index is 0.0894. The van der Waals surface area contributed by atoms with Crippen molar-refractivity contribution < 1.29 is 9.53 Å². The van der Waals surface area contributed by atoms with Gasteiger partial charge in [0.1, 0.15) is 0 Å². The number of aryl methyl sites for hydroxylation is 1. The van der Waals surface area contributed by atoms with Crippen molar-refractivity contribution in [2.24, 2.45) is 0 Å². The van der Waals surface area contributed by atoms with Gasteiger partial charge in [0.15, 0.2) is 9.47 Å². The predicted molar refractivity (Wildman–Crippen MR) is 93.6 cm³/mol. The minimum Gasteiger partial charge on any atom is -0.376 e. The second-order valence-corrected chi connectivity index (χ2v) is 8.08. The number of carbonyl (C=O) groups excluding carboxylic acids is 1.